The molecule has 200 valence electrons. The standard InChI is InChI=1S/C32H26N8O/c1-41-24-9-5-8-22(15-24)28-29-26(12-13-35-28)37-32(38-29)31-30-27(39-40-31)11-10-25(36-30)23-14-21(18-34-19-23)17-33-16-20-6-3-2-4-7-20/h2-15,18-19,33H,16-17H2,1H3,(H,37,38)(H,39,40). The van der Waals surface area contributed by atoms with Gasteiger partial charge in [0.25, 0.3) is 0 Å². The molecule has 0 aliphatic carbocycles. The molecule has 0 amide bonds. The van der Waals surface area contributed by atoms with Gasteiger partial charge >= 0.3 is 0 Å². The maximum Gasteiger partial charge on any atom is 0.161 e. The Labute approximate surface area is 235 Å². The van der Waals surface area contributed by atoms with Crippen LogP contribution in [0, 0.1) is 0 Å². The van der Waals surface area contributed by atoms with Crippen molar-refractivity contribution in [3.63, 3.8) is 0 Å². The van der Waals surface area contributed by atoms with Crippen molar-refractivity contribution < 1.29 is 4.74 Å². The molecule has 7 aromatic rings. The summed E-state index contributed by atoms with van der Waals surface area (Å²) < 4.78 is 5.41. The summed E-state index contributed by atoms with van der Waals surface area (Å²) in [4.78, 5) is 22.4. The number of aromatic amines is 2. The van der Waals surface area contributed by atoms with Crippen molar-refractivity contribution in [1.29, 1.82) is 0 Å². The lowest BCUT2D eigenvalue weighted by atomic mass is 10.1. The van der Waals surface area contributed by atoms with Crippen molar-refractivity contribution >= 4 is 22.1 Å². The molecule has 0 spiro atoms. The third-order valence-electron chi connectivity index (χ3n) is 6.97. The average molecular weight is 539 g/mol. The van der Waals surface area contributed by atoms with Gasteiger partial charge in [-0.15, -0.1) is 0 Å². The zero-order valence-electron chi connectivity index (χ0n) is 22.3. The van der Waals surface area contributed by atoms with E-state index in [1.54, 1.807) is 13.3 Å². The molecule has 5 heterocycles. The number of H-pyrrole nitrogens is 2. The molecule has 5 aromatic heterocycles. The number of hydrogen-bond donors (Lipinski definition) is 3. The van der Waals surface area contributed by atoms with E-state index in [2.05, 4.69) is 48.7 Å². The van der Waals surface area contributed by atoms with Crippen LogP contribution in [-0.2, 0) is 13.1 Å². The quantitative estimate of drug-likeness (QED) is 0.220. The molecule has 0 unspecified atom stereocenters. The molecular weight excluding hydrogens is 512 g/mol. The summed E-state index contributed by atoms with van der Waals surface area (Å²) in [6.07, 6.45) is 5.49. The van der Waals surface area contributed by atoms with Crippen LogP contribution < -0.4 is 10.1 Å². The number of benzene rings is 2. The minimum atomic E-state index is 0.616. The highest BCUT2D eigenvalue weighted by atomic mass is 16.5. The topological polar surface area (TPSA) is 117 Å². The van der Waals surface area contributed by atoms with Crippen molar-refractivity contribution in [3.8, 4) is 39.8 Å². The number of aromatic nitrogens is 7. The molecule has 0 fully saturated rings. The van der Waals surface area contributed by atoms with Gasteiger partial charge in [0.05, 0.1) is 29.5 Å². The molecule has 0 aliphatic heterocycles. The van der Waals surface area contributed by atoms with E-state index in [1.807, 2.05) is 73.1 Å². The Morgan fingerprint density at radius 3 is 2.54 bits per heavy atom. The summed E-state index contributed by atoms with van der Waals surface area (Å²) in [6.45, 7) is 1.50. The van der Waals surface area contributed by atoms with E-state index < -0.39 is 0 Å². The number of hydrogen-bond acceptors (Lipinski definition) is 7. The van der Waals surface area contributed by atoms with Gasteiger partial charge in [0.2, 0.25) is 0 Å². The van der Waals surface area contributed by atoms with E-state index in [0.717, 1.165) is 62.4 Å². The molecule has 0 aliphatic rings. The molecule has 3 N–H and O–H groups in total. The van der Waals surface area contributed by atoms with E-state index in [1.165, 1.54) is 5.56 Å². The highest BCUT2D eigenvalue weighted by molar-refractivity contribution is 5.95. The monoisotopic (exact) mass is 538 g/mol. The fourth-order valence-electron chi connectivity index (χ4n) is 4.93. The largest absolute Gasteiger partial charge is 0.497 e. The van der Waals surface area contributed by atoms with Gasteiger partial charge in [0.1, 0.15) is 16.8 Å². The number of ether oxygens (including phenoxy) is 1. The van der Waals surface area contributed by atoms with Crippen molar-refractivity contribution in [3.05, 3.63) is 109 Å². The number of fused-ring (bicyclic) bond motifs is 2. The predicted octanol–water partition coefficient (Wildman–Crippen LogP) is 5.92. The highest BCUT2D eigenvalue weighted by Gasteiger charge is 2.18. The van der Waals surface area contributed by atoms with Gasteiger partial charge in [-0.2, -0.15) is 5.10 Å². The number of nitrogens with zero attached hydrogens (tertiary/aromatic N) is 5. The van der Waals surface area contributed by atoms with Crippen LogP contribution >= 0.6 is 0 Å². The lowest BCUT2D eigenvalue weighted by Gasteiger charge is -2.07. The van der Waals surface area contributed by atoms with E-state index in [4.69, 9.17) is 14.7 Å². The van der Waals surface area contributed by atoms with Gasteiger partial charge < -0.3 is 15.0 Å². The first kappa shape index (κ1) is 24.6. The number of rotatable bonds is 8. The molecule has 41 heavy (non-hydrogen) atoms. The summed E-state index contributed by atoms with van der Waals surface area (Å²) in [7, 11) is 1.65. The van der Waals surface area contributed by atoms with Crippen molar-refractivity contribution in [2.24, 2.45) is 0 Å². The zero-order valence-corrected chi connectivity index (χ0v) is 22.3. The first-order valence-electron chi connectivity index (χ1n) is 13.3. The second-order valence-corrected chi connectivity index (χ2v) is 9.71. The van der Waals surface area contributed by atoms with E-state index >= 15 is 0 Å². The molecule has 7 rings (SSSR count). The summed E-state index contributed by atoms with van der Waals surface area (Å²) in [5.41, 5.74) is 9.57. The first-order valence-corrected chi connectivity index (χ1v) is 13.3. The fraction of sp³-hybridized carbons (Fsp3) is 0.0938. The number of pyridine rings is 3. The van der Waals surface area contributed by atoms with Gasteiger partial charge in [0.15, 0.2) is 11.5 Å². The summed E-state index contributed by atoms with van der Waals surface area (Å²) >= 11 is 0. The van der Waals surface area contributed by atoms with Crippen molar-refractivity contribution in [1.82, 2.24) is 40.4 Å². The van der Waals surface area contributed by atoms with Gasteiger partial charge in [-0.25, -0.2) is 9.97 Å². The smallest absolute Gasteiger partial charge is 0.161 e. The van der Waals surface area contributed by atoms with Crippen LogP contribution in [0.1, 0.15) is 11.1 Å². The van der Waals surface area contributed by atoms with Crippen LogP contribution in [0.3, 0.4) is 0 Å². The van der Waals surface area contributed by atoms with Crippen LogP contribution in [0.25, 0.3) is 56.1 Å². The van der Waals surface area contributed by atoms with Gasteiger partial charge in [-0.05, 0) is 47.5 Å². The maximum atomic E-state index is 5.41. The Hall–Kier alpha value is -5.41. The molecular formula is C32H26N8O. The molecule has 0 bridgehead atoms. The van der Waals surface area contributed by atoms with Crippen LogP contribution in [0.5, 0.6) is 5.75 Å². The lowest BCUT2D eigenvalue weighted by Crippen LogP contribution is -2.12. The summed E-state index contributed by atoms with van der Waals surface area (Å²) in [6, 6.07) is 26.1. The van der Waals surface area contributed by atoms with Gasteiger partial charge in [-0.1, -0.05) is 42.5 Å². The molecule has 9 heteroatoms. The molecule has 2 aromatic carbocycles. The summed E-state index contributed by atoms with van der Waals surface area (Å²) in [5.74, 6) is 1.38. The van der Waals surface area contributed by atoms with E-state index in [-0.39, 0.29) is 0 Å². The Morgan fingerprint density at radius 2 is 1.63 bits per heavy atom. The Balaban J connectivity index is 1.20. The third kappa shape index (κ3) is 4.90. The zero-order chi connectivity index (χ0) is 27.6. The van der Waals surface area contributed by atoms with Crippen LogP contribution in [-0.4, -0.2) is 42.2 Å². The summed E-state index contributed by atoms with van der Waals surface area (Å²) in [5, 5.41) is 11.1. The second-order valence-electron chi connectivity index (χ2n) is 9.71. The van der Waals surface area contributed by atoms with Crippen LogP contribution in [0.2, 0.25) is 0 Å². The van der Waals surface area contributed by atoms with Crippen LogP contribution in [0.15, 0.2) is 97.5 Å². The van der Waals surface area contributed by atoms with Gasteiger partial charge in [0, 0.05) is 42.8 Å². The number of imidazole rings is 1. The van der Waals surface area contributed by atoms with Gasteiger partial charge in [-0.3, -0.25) is 15.1 Å². The molecule has 0 radical (unpaired) electrons. The SMILES string of the molecule is COc1cccc(-c2nccc3[nH]c(-c4n[nH]c5ccc(-c6cncc(CNCc7ccccc7)c6)nc45)nc23)c1. The maximum absolute atomic E-state index is 5.41. The van der Waals surface area contributed by atoms with Crippen LogP contribution in [0.4, 0.5) is 0 Å². The minimum Gasteiger partial charge on any atom is -0.497 e. The molecule has 9 nitrogen and oxygen atoms in total. The fourth-order valence-corrected chi connectivity index (χ4v) is 4.93. The van der Waals surface area contributed by atoms with Crippen molar-refractivity contribution in [2.45, 2.75) is 13.1 Å². The average Bonchev–Trinajstić information content (AvgIpc) is 3.65. The third-order valence-corrected chi connectivity index (χ3v) is 6.97. The normalized spacial score (nSPS) is 11.3. The molecule has 0 atom stereocenters. The second kappa shape index (κ2) is 10.6. The predicted molar refractivity (Wildman–Crippen MR) is 159 cm³/mol. The van der Waals surface area contributed by atoms with E-state index in [0.29, 0.717) is 18.1 Å². The Morgan fingerprint density at radius 1 is 0.756 bits per heavy atom. The molecule has 0 saturated heterocycles. The first-order chi connectivity index (χ1) is 20.2. The Bertz CT molecular complexity index is 1980. The number of nitrogens with one attached hydrogen (secondary N) is 3. The number of methoxy groups -OCH3 is 1. The minimum absolute atomic E-state index is 0.616. The Kier molecular flexibility index (Phi) is 6.38. The van der Waals surface area contributed by atoms with E-state index in [9.17, 15) is 0 Å². The highest BCUT2D eigenvalue weighted by Crippen LogP contribution is 2.31. The van der Waals surface area contributed by atoms with Crippen molar-refractivity contribution in [2.75, 3.05) is 7.11 Å². The lowest BCUT2D eigenvalue weighted by molar-refractivity contribution is 0.415. The molecule has 0 saturated carbocycles.